The monoisotopic (exact) mass is 348 g/mol. The van der Waals surface area contributed by atoms with Gasteiger partial charge in [-0.25, -0.2) is 4.39 Å². The van der Waals surface area contributed by atoms with Crippen LogP contribution >= 0.6 is 11.8 Å². The van der Waals surface area contributed by atoms with E-state index in [4.69, 9.17) is 0 Å². The Bertz CT molecular complexity index is 716. The van der Waals surface area contributed by atoms with E-state index in [9.17, 15) is 22.4 Å². The van der Waals surface area contributed by atoms with E-state index in [1.165, 1.54) is 25.1 Å². The molecule has 1 heterocycles. The molecule has 0 aliphatic rings. The van der Waals surface area contributed by atoms with Gasteiger partial charge in [0.15, 0.2) is 5.16 Å². The molecule has 0 aliphatic carbocycles. The number of amides is 1. The van der Waals surface area contributed by atoms with E-state index in [2.05, 4.69) is 15.5 Å². The number of benzene rings is 1. The van der Waals surface area contributed by atoms with Gasteiger partial charge in [-0.2, -0.15) is 13.2 Å². The third-order valence-corrected chi connectivity index (χ3v) is 4.01. The van der Waals surface area contributed by atoms with Crippen molar-refractivity contribution in [2.75, 3.05) is 5.32 Å². The van der Waals surface area contributed by atoms with Crippen molar-refractivity contribution in [3.8, 4) is 0 Å². The smallest absolute Gasteiger partial charge is 0.323 e. The summed E-state index contributed by atoms with van der Waals surface area (Å²) in [7, 11) is 1.16. The lowest BCUT2D eigenvalue weighted by Crippen LogP contribution is -2.23. The molecule has 1 N–H and O–H groups in total. The number of nitrogens with zero attached hydrogens (tertiary/aromatic N) is 3. The van der Waals surface area contributed by atoms with Crippen LogP contribution in [0.1, 0.15) is 12.7 Å². The Morgan fingerprint density at radius 2 is 1.96 bits per heavy atom. The molecule has 2 aromatic rings. The van der Waals surface area contributed by atoms with Gasteiger partial charge in [-0.15, -0.1) is 10.2 Å². The second kappa shape index (κ2) is 6.57. The number of thioether (sulfide) groups is 1. The summed E-state index contributed by atoms with van der Waals surface area (Å²) in [5.41, 5.74) is -0.00102. The van der Waals surface area contributed by atoms with Gasteiger partial charge >= 0.3 is 6.18 Å². The number of anilines is 1. The van der Waals surface area contributed by atoms with E-state index in [1.807, 2.05) is 0 Å². The van der Waals surface area contributed by atoms with Crippen LogP contribution in [0.5, 0.6) is 0 Å². The minimum Gasteiger partial charge on any atom is -0.323 e. The fraction of sp³-hybridized carbons (Fsp3) is 0.308. The van der Waals surface area contributed by atoms with E-state index in [0.29, 0.717) is 0 Å². The van der Waals surface area contributed by atoms with Gasteiger partial charge in [0.2, 0.25) is 11.7 Å². The summed E-state index contributed by atoms with van der Waals surface area (Å²) in [6.45, 7) is 1.47. The highest BCUT2D eigenvalue weighted by Crippen LogP contribution is 2.31. The average molecular weight is 348 g/mol. The van der Waals surface area contributed by atoms with Crippen LogP contribution in [0, 0.1) is 5.82 Å². The molecule has 1 aromatic heterocycles. The van der Waals surface area contributed by atoms with Crippen LogP contribution in [0.25, 0.3) is 0 Å². The molecular weight excluding hydrogens is 336 g/mol. The Labute approximate surface area is 133 Å². The van der Waals surface area contributed by atoms with Crippen molar-refractivity contribution < 1.29 is 22.4 Å². The first-order valence-electron chi connectivity index (χ1n) is 6.38. The standard InChI is InChI=1S/C13H12F4N4OS/c1-7(10(22)18-9-6-4-3-5-8(9)14)23-12-20-19-11(21(12)2)13(15,16)17/h3-7H,1-2H3,(H,18,22)/t7-/m0/s1. The second-order valence-electron chi connectivity index (χ2n) is 4.59. The van der Waals surface area contributed by atoms with Crippen molar-refractivity contribution in [1.82, 2.24) is 14.8 Å². The first-order valence-corrected chi connectivity index (χ1v) is 7.26. The number of carbonyl (C=O) groups is 1. The van der Waals surface area contributed by atoms with Crippen LogP contribution < -0.4 is 5.32 Å². The zero-order chi connectivity index (χ0) is 17.2. The molecule has 5 nitrogen and oxygen atoms in total. The number of hydrogen-bond acceptors (Lipinski definition) is 4. The summed E-state index contributed by atoms with van der Waals surface area (Å²) in [6, 6.07) is 5.59. The fourth-order valence-electron chi connectivity index (χ4n) is 1.67. The number of halogens is 4. The average Bonchev–Trinajstić information content (AvgIpc) is 2.82. The predicted octanol–water partition coefficient (Wildman–Crippen LogP) is 3.09. The molecule has 0 saturated heterocycles. The number of alkyl halides is 3. The number of rotatable bonds is 4. The highest BCUT2D eigenvalue weighted by molar-refractivity contribution is 8.00. The van der Waals surface area contributed by atoms with Gasteiger partial charge in [-0.3, -0.25) is 4.79 Å². The van der Waals surface area contributed by atoms with E-state index in [1.54, 1.807) is 6.07 Å². The summed E-state index contributed by atoms with van der Waals surface area (Å²) in [4.78, 5) is 12.0. The first kappa shape index (κ1) is 17.3. The Morgan fingerprint density at radius 1 is 1.30 bits per heavy atom. The number of nitrogens with one attached hydrogen (secondary N) is 1. The van der Waals surface area contributed by atoms with E-state index in [0.717, 1.165) is 23.4 Å². The number of para-hydroxylation sites is 1. The van der Waals surface area contributed by atoms with Crippen LogP contribution in [0.4, 0.5) is 23.2 Å². The molecular formula is C13H12F4N4OS. The van der Waals surface area contributed by atoms with Crippen LogP contribution in [-0.2, 0) is 18.0 Å². The summed E-state index contributed by atoms with van der Waals surface area (Å²) >= 11 is 0.795. The number of aromatic nitrogens is 3. The van der Waals surface area contributed by atoms with Crippen LogP contribution in [0.15, 0.2) is 29.4 Å². The molecule has 0 fully saturated rings. The maximum Gasteiger partial charge on any atom is 0.451 e. The van der Waals surface area contributed by atoms with Gasteiger partial charge in [0.05, 0.1) is 10.9 Å². The molecule has 0 saturated carbocycles. The van der Waals surface area contributed by atoms with Crippen molar-refractivity contribution in [1.29, 1.82) is 0 Å². The van der Waals surface area contributed by atoms with Crippen molar-refractivity contribution in [2.24, 2.45) is 7.05 Å². The summed E-state index contributed by atoms with van der Waals surface area (Å²) < 4.78 is 52.1. The fourth-order valence-corrected chi connectivity index (χ4v) is 2.49. The highest BCUT2D eigenvalue weighted by atomic mass is 32.2. The first-order chi connectivity index (χ1) is 10.7. The Hall–Kier alpha value is -2.10. The Kier molecular flexibility index (Phi) is 4.93. The maximum absolute atomic E-state index is 13.5. The topological polar surface area (TPSA) is 59.8 Å². The van der Waals surface area contributed by atoms with E-state index in [-0.39, 0.29) is 10.8 Å². The van der Waals surface area contributed by atoms with Gasteiger partial charge < -0.3 is 9.88 Å². The van der Waals surface area contributed by atoms with Gasteiger partial charge in [0.25, 0.3) is 0 Å². The molecule has 1 atom stereocenters. The molecule has 23 heavy (non-hydrogen) atoms. The lowest BCUT2D eigenvalue weighted by molar-refractivity contribution is -0.147. The molecule has 0 unspecified atom stereocenters. The SMILES string of the molecule is C[C@H](Sc1nnc(C(F)(F)F)n1C)C(=O)Nc1ccccc1F. The predicted molar refractivity (Wildman–Crippen MR) is 76.4 cm³/mol. The van der Waals surface area contributed by atoms with E-state index < -0.39 is 29.0 Å². The van der Waals surface area contributed by atoms with Crippen LogP contribution in [-0.4, -0.2) is 25.9 Å². The maximum atomic E-state index is 13.5. The second-order valence-corrected chi connectivity index (χ2v) is 5.90. The zero-order valence-electron chi connectivity index (χ0n) is 12.1. The highest BCUT2D eigenvalue weighted by Gasteiger charge is 2.37. The molecule has 124 valence electrons. The van der Waals surface area contributed by atoms with Crippen LogP contribution in [0.2, 0.25) is 0 Å². The molecule has 0 bridgehead atoms. The van der Waals surface area contributed by atoms with Crippen molar-refractivity contribution >= 4 is 23.4 Å². The number of carbonyl (C=O) groups excluding carboxylic acids is 1. The van der Waals surface area contributed by atoms with Gasteiger partial charge in [-0.05, 0) is 19.1 Å². The molecule has 0 aliphatic heterocycles. The molecule has 1 aromatic carbocycles. The zero-order valence-corrected chi connectivity index (χ0v) is 12.9. The summed E-state index contributed by atoms with van der Waals surface area (Å²) in [6.07, 6.45) is -4.63. The summed E-state index contributed by atoms with van der Waals surface area (Å²) in [5.74, 6) is -2.31. The number of hydrogen-bond donors (Lipinski definition) is 1. The van der Waals surface area contributed by atoms with E-state index >= 15 is 0 Å². The van der Waals surface area contributed by atoms with Crippen molar-refractivity contribution in [2.45, 2.75) is 23.5 Å². The van der Waals surface area contributed by atoms with Gasteiger partial charge in [-0.1, -0.05) is 23.9 Å². The normalized spacial score (nSPS) is 13.0. The quantitative estimate of drug-likeness (QED) is 0.681. The van der Waals surface area contributed by atoms with Gasteiger partial charge in [0.1, 0.15) is 5.82 Å². The molecule has 2 rings (SSSR count). The third-order valence-electron chi connectivity index (χ3n) is 2.87. The minimum atomic E-state index is -4.63. The molecule has 10 heteroatoms. The van der Waals surface area contributed by atoms with Crippen LogP contribution in [0.3, 0.4) is 0 Å². The van der Waals surface area contributed by atoms with Crippen molar-refractivity contribution in [3.63, 3.8) is 0 Å². The Morgan fingerprint density at radius 3 is 2.52 bits per heavy atom. The lowest BCUT2D eigenvalue weighted by Gasteiger charge is -2.12. The molecule has 1 amide bonds. The Balaban J connectivity index is 2.07. The largest absolute Gasteiger partial charge is 0.451 e. The molecule has 0 spiro atoms. The third kappa shape index (κ3) is 4.01. The lowest BCUT2D eigenvalue weighted by atomic mass is 10.3. The summed E-state index contributed by atoms with van der Waals surface area (Å²) in [5, 5.41) is 8.02. The van der Waals surface area contributed by atoms with Crippen molar-refractivity contribution in [3.05, 3.63) is 35.9 Å². The molecule has 0 radical (unpaired) electrons. The minimum absolute atomic E-state index is 0.00102. The van der Waals surface area contributed by atoms with Gasteiger partial charge in [0, 0.05) is 7.05 Å².